The maximum absolute atomic E-state index is 12.0. The van der Waals surface area contributed by atoms with Crippen LogP contribution in [0, 0.1) is 5.92 Å². The molecule has 0 spiro atoms. The Balaban J connectivity index is 0.00000144. The third-order valence-electron chi connectivity index (χ3n) is 3.12. The second-order valence-electron chi connectivity index (χ2n) is 4.26. The average molecular weight is 274 g/mol. The summed E-state index contributed by atoms with van der Waals surface area (Å²) in [6.45, 7) is 1.91. The van der Waals surface area contributed by atoms with Crippen LogP contribution < -0.4 is 5.32 Å². The van der Waals surface area contributed by atoms with Gasteiger partial charge in [-0.2, -0.15) is 0 Å². The van der Waals surface area contributed by atoms with E-state index in [1.165, 1.54) is 0 Å². The zero-order valence-corrected chi connectivity index (χ0v) is 11.2. The summed E-state index contributed by atoms with van der Waals surface area (Å²) in [5.41, 5.74) is 0.952. The number of hydrogen-bond donors (Lipinski definition) is 1. The van der Waals surface area contributed by atoms with Gasteiger partial charge >= 0.3 is 0 Å². The van der Waals surface area contributed by atoms with Crippen molar-refractivity contribution in [2.75, 3.05) is 13.1 Å². The number of Topliss-reactive ketones (excluding diaryl/α,β-unsaturated/α-hetero) is 1. The van der Waals surface area contributed by atoms with Crippen molar-refractivity contribution in [3.8, 4) is 0 Å². The van der Waals surface area contributed by atoms with E-state index < -0.39 is 0 Å². The van der Waals surface area contributed by atoms with Gasteiger partial charge in [-0.05, 0) is 37.6 Å². The second-order valence-corrected chi connectivity index (χ2v) is 4.67. The maximum Gasteiger partial charge on any atom is 0.140 e. The number of piperidine rings is 1. The van der Waals surface area contributed by atoms with Crippen LogP contribution in [0.5, 0.6) is 0 Å². The molecule has 2 rings (SSSR count). The highest BCUT2D eigenvalue weighted by Crippen LogP contribution is 2.20. The summed E-state index contributed by atoms with van der Waals surface area (Å²) >= 11 is 6.04. The first-order valence-electron chi connectivity index (χ1n) is 5.74. The van der Waals surface area contributed by atoms with Crippen LogP contribution in [0.4, 0.5) is 0 Å². The first-order chi connectivity index (χ1) is 7.77. The van der Waals surface area contributed by atoms with Crippen LogP contribution in [0.1, 0.15) is 18.4 Å². The molecule has 4 heteroatoms. The van der Waals surface area contributed by atoms with Gasteiger partial charge < -0.3 is 5.32 Å². The SMILES string of the molecule is Cl.O=C(Cc1ccccc1Cl)C1CCNCC1. The van der Waals surface area contributed by atoms with Crippen molar-refractivity contribution in [1.29, 1.82) is 0 Å². The molecule has 0 radical (unpaired) electrons. The zero-order valence-electron chi connectivity index (χ0n) is 9.62. The summed E-state index contributed by atoms with van der Waals surface area (Å²) in [6.07, 6.45) is 2.40. The van der Waals surface area contributed by atoms with Crippen LogP contribution in [-0.2, 0) is 11.2 Å². The monoisotopic (exact) mass is 273 g/mol. The van der Waals surface area contributed by atoms with Gasteiger partial charge in [-0.1, -0.05) is 29.8 Å². The normalized spacial score (nSPS) is 16.3. The number of carbonyl (C=O) groups is 1. The molecule has 1 aliphatic heterocycles. The summed E-state index contributed by atoms with van der Waals surface area (Å²) in [6, 6.07) is 7.59. The Morgan fingerprint density at radius 2 is 1.94 bits per heavy atom. The molecular weight excluding hydrogens is 257 g/mol. The van der Waals surface area contributed by atoms with Crippen LogP contribution in [0.3, 0.4) is 0 Å². The molecule has 0 saturated carbocycles. The number of carbonyl (C=O) groups excluding carboxylic acids is 1. The van der Waals surface area contributed by atoms with Crippen molar-refractivity contribution in [2.45, 2.75) is 19.3 Å². The molecule has 1 aromatic carbocycles. The van der Waals surface area contributed by atoms with E-state index in [0.29, 0.717) is 17.2 Å². The topological polar surface area (TPSA) is 29.1 Å². The van der Waals surface area contributed by atoms with E-state index in [4.69, 9.17) is 11.6 Å². The zero-order chi connectivity index (χ0) is 11.4. The van der Waals surface area contributed by atoms with E-state index in [0.717, 1.165) is 31.5 Å². The first-order valence-corrected chi connectivity index (χ1v) is 6.12. The lowest BCUT2D eigenvalue weighted by molar-refractivity contribution is -0.122. The molecular formula is C13H17Cl2NO. The van der Waals surface area contributed by atoms with Gasteiger partial charge in [0.15, 0.2) is 0 Å². The van der Waals surface area contributed by atoms with Gasteiger partial charge in [0.05, 0.1) is 0 Å². The van der Waals surface area contributed by atoms with E-state index in [1.807, 2.05) is 24.3 Å². The summed E-state index contributed by atoms with van der Waals surface area (Å²) in [4.78, 5) is 12.0. The molecule has 1 saturated heterocycles. The summed E-state index contributed by atoms with van der Waals surface area (Å²) in [5.74, 6) is 0.548. The predicted molar refractivity (Wildman–Crippen MR) is 73.0 cm³/mol. The molecule has 0 amide bonds. The van der Waals surface area contributed by atoms with Crippen molar-refractivity contribution in [3.05, 3.63) is 34.9 Å². The molecule has 1 fully saturated rings. The largest absolute Gasteiger partial charge is 0.317 e. The molecule has 0 unspecified atom stereocenters. The summed E-state index contributed by atoms with van der Waals surface area (Å²) < 4.78 is 0. The Bertz CT molecular complexity index is 375. The number of ketones is 1. The summed E-state index contributed by atoms with van der Waals surface area (Å²) in [7, 11) is 0. The fourth-order valence-corrected chi connectivity index (χ4v) is 2.32. The van der Waals surface area contributed by atoms with Crippen molar-refractivity contribution in [2.24, 2.45) is 5.92 Å². The van der Waals surface area contributed by atoms with Gasteiger partial charge in [0, 0.05) is 17.4 Å². The summed E-state index contributed by atoms with van der Waals surface area (Å²) in [5, 5.41) is 3.97. The van der Waals surface area contributed by atoms with Gasteiger partial charge in [-0.3, -0.25) is 4.79 Å². The number of benzene rings is 1. The number of nitrogens with one attached hydrogen (secondary N) is 1. The fourth-order valence-electron chi connectivity index (χ4n) is 2.12. The van der Waals surface area contributed by atoms with Gasteiger partial charge in [0.2, 0.25) is 0 Å². The van der Waals surface area contributed by atoms with Gasteiger partial charge in [0.1, 0.15) is 5.78 Å². The molecule has 1 aliphatic rings. The van der Waals surface area contributed by atoms with Crippen LogP contribution in [-0.4, -0.2) is 18.9 Å². The Morgan fingerprint density at radius 1 is 1.29 bits per heavy atom. The minimum atomic E-state index is 0. The number of hydrogen-bond acceptors (Lipinski definition) is 2. The Labute approximate surface area is 113 Å². The Kier molecular flexibility index (Phi) is 5.96. The highest BCUT2D eigenvalue weighted by atomic mass is 35.5. The third kappa shape index (κ3) is 3.98. The molecule has 0 atom stereocenters. The van der Waals surface area contributed by atoms with Gasteiger partial charge in [-0.15, -0.1) is 12.4 Å². The molecule has 2 nitrogen and oxygen atoms in total. The fraction of sp³-hybridized carbons (Fsp3) is 0.462. The quantitative estimate of drug-likeness (QED) is 0.918. The van der Waals surface area contributed by atoms with Crippen LogP contribution in [0.2, 0.25) is 5.02 Å². The third-order valence-corrected chi connectivity index (χ3v) is 3.49. The van der Waals surface area contributed by atoms with E-state index in [1.54, 1.807) is 0 Å². The molecule has 0 aliphatic carbocycles. The van der Waals surface area contributed by atoms with E-state index >= 15 is 0 Å². The maximum atomic E-state index is 12.0. The van der Waals surface area contributed by atoms with Gasteiger partial charge in [-0.25, -0.2) is 0 Å². The molecule has 1 aromatic rings. The number of halogens is 2. The van der Waals surface area contributed by atoms with Crippen molar-refractivity contribution in [3.63, 3.8) is 0 Å². The minimum Gasteiger partial charge on any atom is -0.317 e. The van der Waals surface area contributed by atoms with E-state index in [9.17, 15) is 4.79 Å². The lowest BCUT2D eigenvalue weighted by Gasteiger charge is -2.21. The molecule has 1 heterocycles. The molecule has 0 aromatic heterocycles. The van der Waals surface area contributed by atoms with Crippen LogP contribution in [0.25, 0.3) is 0 Å². The highest BCUT2D eigenvalue weighted by Gasteiger charge is 2.21. The smallest absolute Gasteiger partial charge is 0.140 e. The average Bonchev–Trinajstić information content (AvgIpc) is 2.33. The van der Waals surface area contributed by atoms with Crippen LogP contribution in [0.15, 0.2) is 24.3 Å². The van der Waals surface area contributed by atoms with Crippen molar-refractivity contribution < 1.29 is 4.79 Å². The van der Waals surface area contributed by atoms with Gasteiger partial charge in [0.25, 0.3) is 0 Å². The second kappa shape index (κ2) is 7.00. The van der Waals surface area contributed by atoms with Crippen LogP contribution >= 0.6 is 24.0 Å². The minimum absolute atomic E-state index is 0. The van der Waals surface area contributed by atoms with Crippen molar-refractivity contribution >= 4 is 29.8 Å². The van der Waals surface area contributed by atoms with E-state index in [2.05, 4.69) is 5.32 Å². The number of rotatable bonds is 3. The Hall–Kier alpha value is -0.570. The molecule has 1 N–H and O–H groups in total. The molecule has 17 heavy (non-hydrogen) atoms. The lowest BCUT2D eigenvalue weighted by atomic mass is 9.90. The first kappa shape index (κ1) is 14.5. The van der Waals surface area contributed by atoms with E-state index in [-0.39, 0.29) is 18.3 Å². The molecule has 94 valence electrons. The lowest BCUT2D eigenvalue weighted by Crippen LogP contribution is -2.32. The Morgan fingerprint density at radius 3 is 2.59 bits per heavy atom. The predicted octanol–water partition coefficient (Wildman–Crippen LogP) is 2.87. The van der Waals surface area contributed by atoms with Crippen molar-refractivity contribution in [1.82, 2.24) is 5.32 Å². The highest BCUT2D eigenvalue weighted by molar-refractivity contribution is 6.31. The standard InChI is InChI=1S/C13H16ClNO.ClH/c14-12-4-2-1-3-11(12)9-13(16)10-5-7-15-8-6-10;/h1-4,10,15H,5-9H2;1H. The molecule has 0 bridgehead atoms.